The molecule has 3 aromatic carbocycles. The molecule has 45 heavy (non-hydrogen) atoms. The lowest BCUT2D eigenvalue weighted by Gasteiger charge is -2.23. The van der Waals surface area contributed by atoms with E-state index in [1.807, 2.05) is 30.3 Å². The molecular formula is C33H38Br2N2O8. The van der Waals surface area contributed by atoms with Crippen molar-refractivity contribution in [2.24, 2.45) is 0 Å². The zero-order valence-electron chi connectivity index (χ0n) is 25.9. The monoisotopic (exact) mass is 748 g/mol. The fourth-order valence-electron chi connectivity index (χ4n) is 3.54. The maximum atomic E-state index is 12.6. The van der Waals surface area contributed by atoms with E-state index >= 15 is 0 Å². The Bertz CT molecular complexity index is 1420. The molecule has 0 bridgehead atoms. The van der Waals surface area contributed by atoms with E-state index < -0.39 is 47.4 Å². The Morgan fingerprint density at radius 3 is 1.47 bits per heavy atom. The van der Waals surface area contributed by atoms with Gasteiger partial charge in [-0.05, 0) is 82.5 Å². The standard InChI is InChI=1S/C20H22BrNO4.C13H16BrNO4/c1-20(2,3)26-19(24)22-17(15-9-11-16(21)12-10-15)18(23)25-13-14-7-5-4-6-8-14;1-13(2,3)19-12(18)15-10(11(16)17)8-4-6-9(14)7-5-8/h4-12,17H,13H2,1-3H3,(H,22,24);4-7,10H,1-3H3,(H,15,18)(H,16,17). The molecule has 2 atom stereocenters. The van der Waals surface area contributed by atoms with E-state index in [0.29, 0.717) is 11.1 Å². The zero-order valence-corrected chi connectivity index (χ0v) is 29.1. The summed E-state index contributed by atoms with van der Waals surface area (Å²) >= 11 is 6.62. The summed E-state index contributed by atoms with van der Waals surface area (Å²) in [5, 5.41) is 14.1. The smallest absolute Gasteiger partial charge is 0.408 e. The molecule has 0 aliphatic rings. The van der Waals surface area contributed by atoms with Crippen molar-refractivity contribution >= 4 is 56.0 Å². The molecule has 0 radical (unpaired) electrons. The van der Waals surface area contributed by atoms with Crippen LogP contribution < -0.4 is 10.6 Å². The summed E-state index contributed by atoms with van der Waals surface area (Å²) < 4.78 is 17.4. The third-order valence-corrected chi connectivity index (χ3v) is 6.49. The molecule has 0 saturated heterocycles. The number of esters is 1. The number of rotatable bonds is 8. The van der Waals surface area contributed by atoms with Gasteiger partial charge in [-0.2, -0.15) is 0 Å². The number of aliphatic carboxylic acids is 1. The molecule has 12 heteroatoms. The van der Waals surface area contributed by atoms with Gasteiger partial charge in [0.1, 0.15) is 17.8 Å². The van der Waals surface area contributed by atoms with E-state index in [1.165, 1.54) is 0 Å². The summed E-state index contributed by atoms with van der Waals surface area (Å²) in [5.74, 6) is -1.70. The van der Waals surface area contributed by atoms with Crippen LogP contribution in [0.5, 0.6) is 0 Å². The first-order valence-corrected chi connectivity index (χ1v) is 15.5. The predicted octanol–water partition coefficient (Wildman–Crippen LogP) is 7.86. The Balaban J connectivity index is 0.000000330. The second kappa shape index (κ2) is 17.0. The van der Waals surface area contributed by atoms with Gasteiger partial charge in [-0.1, -0.05) is 86.5 Å². The molecule has 0 aromatic heterocycles. The van der Waals surface area contributed by atoms with Crippen molar-refractivity contribution < 1.29 is 38.5 Å². The van der Waals surface area contributed by atoms with Crippen LogP contribution in [-0.2, 0) is 30.4 Å². The van der Waals surface area contributed by atoms with Gasteiger partial charge in [0.25, 0.3) is 0 Å². The van der Waals surface area contributed by atoms with Crippen molar-refractivity contribution in [1.82, 2.24) is 10.6 Å². The highest BCUT2D eigenvalue weighted by Crippen LogP contribution is 2.21. The zero-order chi connectivity index (χ0) is 33.8. The van der Waals surface area contributed by atoms with Crippen LogP contribution in [0.2, 0.25) is 0 Å². The summed E-state index contributed by atoms with van der Waals surface area (Å²) in [6.45, 7) is 10.5. The number of carbonyl (C=O) groups is 4. The second-order valence-electron chi connectivity index (χ2n) is 11.7. The Labute approximate surface area is 280 Å². The summed E-state index contributed by atoms with van der Waals surface area (Å²) in [4.78, 5) is 47.5. The van der Waals surface area contributed by atoms with Gasteiger partial charge in [0.2, 0.25) is 0 Å². The summed E-state index contributed by atoms with van der Waals surface area (Å²) in [7, 11) is 0. The number of nitrogens with one attached hydrogen (secondary N) is 2. The highest BCUT2D eigenvalue weighted by molar-refractivity contribution is 9.10. The van der Waals surface area contributed by atoms with Gasteiger partial charge in [-0.25, -0.2) is 19.2 Å². The van der Waals surface area contributed by atoms with Crippen LogP contribution in [-0.4, -0.2) is 40.4 Å². The predicted molar refractivity (Wildman–Crippen MR) is 176 cm³/mol. The van der Waals surface area contributed by atoms with E-state index in [2.05, 4.69) is 42.5 Å². The normalized spacial score (nSPS) is 12.4. The number of carbonyl (C=O) groups excluding carboxylic acids is 3. The first-order chi connectivity index (χ1) is 20.9. The number of carboxylic acids is 1. The number of benzene rings is 3. The van der Waals surface area contributed by atoms with Gasteiger partial charge in [0, 0.05) is 8.95 Å². The van der Waals surface area contributed by atoms with Crippen LogP contribution in [0.4, 0.5) is 9.59 Å². The SMILES string of the molecule is CC(C)(C)OC(=O)NC(C(=O)O)c1ccc(Br)cc1.CC(C)(C)OC(=O)NC(C(=O)OCc1ccccc1)c1ccc(Br)cc1. The average molecular weight is 750 g/mol. The van der Waals surface area contributed by atoms with E-state index in [-0.39, 0.29) is 6.61 Å². The third kappa shape index (κ3) is 14.6. The molecule has 0 aliphatic heterocycles. The quantitative estimate of drug-likeness (QED) is 0.156. The van der Waals surface area contributed by atoms with Crippen molar-refractivity contribution in [3.63, 3.8) is 0 Å². The highest BCUT2D eigenvalue weighted by atomic mass is 79.9. The number of hydrogen-bond acceptors (Lipinski definition) is 7. The summed E-state index contributed by atoms with van der Waals surface area (Å²) in [5.41, 5.74) is 0.612. The van der Waals surface area contributed by atoms with Crippen LogP contribution in [0.1, 0.15) is 70.3 Å². The van der Waals surface area contributed by atoms with Gasteiger partial charge in [0.15, 0.2) is 12.1 Å². The minimum atomic E-state index is -1.15. The van der Waals surface area contributed by atoms with E-state index in [4.69, 9.17) is 19.3 Å². The molecule has 2 unspecified atom stereocenters. The largest absolute Gasteiger partial charge is 0.479 e. The van der Waals surface area contributed by atoms with Crippen molar-refractivity contribution in [3.8, 4) is 0 Å². The maximum Gasteiger partial charge on any atom is 0.408 e. The van der Waals surface area contributed by atoms with Gasteiger partial charge >= 0.3 is 24.1 Å². The first-order valence-electron chi connectivity index (χ1n) is 13.9. The lowest BCUT2D eigenvalue weighted by atomic mass is 10.1. The molecule has 3 aromatic rings. The molecule has 0 saturated carbocycles. The third-order valence-electron chi connectivity index (χ3n) is 5.44. The molecular weight excluding hydrogens is 712 g/mol. The molecule has 0 spiro atoms. The number of carboxylic acid groups (broad SMARTS) is 1. The molecule has 0 heterocycles. The van der Waals surface area contributed by atoms with Crippen LogP contribution >= 0.6 is 31.9 Å². The van der Waals surface area contributed by atoms with E-state index in [0.717, 1.165) is 14.5 Å². The minimum Gasteiger partial charge on any atom is -0.479 e. The molecule has 2 amide bonds. The maximum absolute atomic E-state index is 12.6. The van der Waals surface area contributed by atoms with Crippen molar-refractivity contribution in [2.45, 2.75) is 71.4 Å². The summed E-state index contributed by atoms with van der Waals surface area (Å²) in [6, 6.07) is 21.0. The molecule has 0 aliphatic carbocycles. The van der Waals surface area contributed by atoms with Gasteiger partial charge in [-0.3, -0.25) is 0 Å². The average Bonchev–Trinajstić information content (AvgIpc) is 2.93. The number of amides is 2. The molecule has 3 rings (SSSR count). The van der Waals surface area contributed by atoms with Gasteiger partial charge in [0.05, 0.1) is 0 Å². The lowest BCUT2D eigenvalue weighted by molar-refractivity contribution is -0.147. The van der Waals surface area contributed by atoms with Gasteiger partial charge in [-0.15, -0.1) is 0 Å². The van der Waals surface area contributed by atoms with Crippen LogP contribution in [0.25, 0.3) is 0 Å². The van der Waals surface area contributed by atoms with Crippen LogP contribution in [0.3, 0.4) is 0 Å². The fourth-order valence-corrected chi connectivity index (χ4v) is 4.07. The van der Waals surface area contributed by atoms with Crippen LogP contribution in [0.15, 0.2) is 87.8 Å². The highest BCUT2D eigenvalue weighted by Gasteiger charge is 2.28. The minimum absolute atomic E-state index is 0.128. The van der Waals surface area contributed by atoms with Crippen molar-refractivity contribution in [3.05, 3.63) is 104 Å². The van der Waals surface area contributed by atoms with E-state index in [1.54, 1.807) is 90.1 Å². The Hall–Kier alpha value is -3.90. The Morgan fingerprint density at radius 2 is 1.07 bits per heavy atom. The van der Waals surface area contributed by atoms with Gasteiger partial charge < -0.3 is 30.0 Å². The Morgan fingerprint density at radius 1 is 0.667 bits per heavy atom. The number of ether oxygens (including phenoxy) is 3. The second-order valence-corrected chi connectivity index (χ2v) is 13.5. The number of halogens is 2. The molecule has 242 valence electrons. The molecule has 10 nitrogen and oxygen atoms in total. The topological polar surface area (TPSA) is 140 Å². The molecule has 3 N–H and O–H groups in total. The Kier molecular flexibility index (Phi) is 14.1. The van der Waals surface area contributed by atoms with Crippen molar-refractivity contribution in [1.29, 1.82) is 0 Å². The molecule has 0 fully saturated rings. The number of alkyl carbamates (subject to hydrolysis) is 2. The number of hydrogen-bond donors (Lipinski definition) is 3. The van der Waals surface area contributed by atoms with E-state index in [9.17, 15) is 19.2 Å². The lowest BCUT2D eigenvalue weighted by Crippen LogP contribution is -2.38. The van der Waals surface area contributed by atoms with Crippen LogP contribution in [0, 0.1) is 0 Å². The van der Waals surface area contributed by atoms with Crippen molar-refractivity contribution in [2.75, 3.05) is 0 Å². The first kappa shape index (κ1) is 37.3. The fraction of sp³-hybridized carbons (Fsp3) is 0.333. The summed E-state index contributed by atoms with van der Waals surface area (Å²) in [6.07, 6.45) is -1.44.